The number of amides is 1. The van der Waals surface area contributed by atoms with E-state index in [1.807, 2.05) is 36.9 Å². The molecule has 28 heavy (non-hydrogen) atoms. The summed E-state index contributed by atoms with van der Waals surface area (Å²) in [7, 11) is 0. The molecule has 0 unspecified atom stereocenters. The second-order valence-corrected chi connectivity index (χ2v) is 9.31. The Morgan fingerprint density at radius 2 is 1.64 bits per heavy atom. The zero-order valence-electron chi connectivity index (χ0n) is 17.4. The minimum Gasteiger partial charge on any atom is -0.443 e. The summed E-state index contributed by atoms with van der Waals surface area (Å²) in [6.45, 7) is 8.31. The largest absolute Gasteiger partial charge is 0.443 e. The van der Waals surface area contributed by atoms with Gasteiger partial charge in [0.05, 0.1) is 19.3 Å². The van der Waals surface area contributed by atoms with Gasteiger partial charge in [0, 0.05) is 18.4 Å². The first kappa shape index (κ1) is 19.7. The van der Waals surface area contributed by atoms with E-state index in [0.29, 0.717) is 0 Å². The summed E-state index contributed by atoms with van der Waals surface area (Å²) >= 11 is 0. The Labute approximate surface area is 168 Å². The molecule has 1 saturated carbocycles. The van der Waals surface area contributed by atoms with Gasteiger partial charge in [0.1, 0.15) is 5.60 Å². The highest BCUT2D eigenvalue weighted by atomic mass is 16.7. The first-order valence-electron chi connectivity index (χ1n) is 10.7. The Kier molecular flexibility index (Phi) is 5.17. The van der Waals surface area contributed by atoms with Crippen LogP contribution in [0.25, 0.3) is 0 Å². The molecule has 2 heterocycles. The molecular formula is C23H33NO4. The van der Waals surface area contributed by atoms with E-state index in [1.165, 1.54) is 5.56 Å². The van der Waals surface area contributed by atoms with Gasteiger partial charge < -0.3 is 19.1 Å². The maximum Gasteiger partial charge on any atom is 0.410 e. The third-order valence-corrected chi connectivity index (χ3v) is 6.97. The Hall–Kier alpha value is -1.59. The third-order valence-electron chi connectivity index (χ3n) is 6.97. The summed E-state index contributed by atoms with van der Waals surface area (Å²) in [5.41, 5.74) is 0.959. The van der Waals surface area contributed by atoms with E-state index in [-0.39, 0.29) is 23.2 Å². The maximum absolute atomic E-state index is 12.9. The van der Waals surface area contributed by atoms with Crippen LogP contribution in [-0.2, 0) is 14.2 Å². The van der Waals surface area contributed by atoms with E-state index in [1.54, 1.807) is 0 Å². The van der Waals surface area contributed by atoms with E-state index in [4.69, 9.17) is 14.2 Å². The molecule has 3 aliphatic rings. The lowest BCUT2D eigenvalue weighted by molar-refractivity contribution is -0.294. The summed E-state index contributed by atoms with van der Waals surface area (Å²) in [5, 5.41) is 0. The second-order valence-electron chi connectivity index (χ2n) is 9.31. The lowest BCUT2D eigenvalue weighted by atomic mass is 9.67. The SMILES string of the molecule is CC[C@@H](c1ccccc1)N1CCC2(CCC3(CC2)COC(C)(C)OC3)OC1=O. The second kappa shape index (κ2) is 7.34. The minimum absolute atomic E-state index is 0.0836. The van der Waals surface area contributed by atoms with Crippen LogP contribution in [0.5, 0.6) is 0 Å². The van der Waals surface area contributed by atoms with E-state index < -0.39 is 5.79 Å². The number of benzene rings is 1. The topological polar surface area (TPSA) is 48.0 Å². The summed E-state index contributed by atoms with van der Waals surface area (Å²) in [5.74, 6) is -0.481. The molecule has 0 bridgehead atoms. The standard InChI is InChI=1S/C23H33NO4/c1-4-19(18-8-6-5-7-9-18)24-15-14-23(28-20(24)25)12-10-22(11-13-23)16-26-21(2,3)27-17-22/h5-9,19H,4,10-17H2,1-3H3/t19-/m0/s1. The summed E-state index contributed by atoms with van der Waals surface area (Å²) < 4.78 is 18.0. The molecular weight excluding hydrogens is 354 g/mol. The number of carbonyl (C=O) groups excluding carboxylic acids is 1. The minimum atomic E-state index is -0.481. The van der Waals surface area contributed by atoms with Gasteiger partial charge in [-0.15, -0.1) is 0 Å². The smallest absolute Gasteiger partial charge is 0.410 e. The van der Waals surface area contributed by atoms with Gasteiger partial charge in [0.15, 0.2) is 5.79 Å². The first-order valence-corrected chi connectivity index (χ1v) is 10.7. The van der Waals surface area contributed by atoms with Crippen molar-refractivity contribution in [1.29, 1.82) is 0 Å². The fraction of sp³-hybridized carbons (Fsp3) is 0.696. The average Bonchev–Trinajstić information content (AvgIpc) is 2.70. The van der Waals surface area contributed by atoms with E-state index in [2.05, 4.69) is 19.1 Å². The Morgan fingerprint density at radius 1 is 1.00 bits per heavy atom. The van der Waals surface area contributed by atoms with E-state index in [0.717, 1.165) is 58.3 Å². The van der Waals surface area contributed by atoms with Crippen LogP contribution in [0.4, 0.5) is 4.79 Å². The molecule has 4 rings (SSSR count). The first-order chi connectivity index (χ1) is 13.4. The van der Waals surface area contributed by atoms with Crippen LogP contribution in [0.3, 0.4) is 0 Å². The van der Waals surface area contributed by atoms with Crippen molar-refractivity contribution in [2.24, 2.45) is 5.41 Å². The highest BCUT2D eigenvalue weighted by Crippen LogP contribution is 2.49. The number of ether oxygens (including phenoxy) is 3. The van der Waals surface area contributed by atoms with Crippen molar-refractivity contribution in [3.63, 3.8) is 0 Å². The molecule has 1 aromatic carbocycles. The fourth-order valence-corrected chi connectivity index (χ4v) is 4.92. The van der Waals surface area contributed by atoms with Gasteiger partial charge >= 0.3 is 6.09 Å². The van der Waals surface area contributed by atoms with Gasteiger partial charge in [-0.25, -0.2) is 4.79 Å². The number of hydrogen-bond acceptors (Lipinski definition) is 4. The molecule has 2 spiro atoms. The predicted octanol–water partition coefficient (Wildman–Crippen LogP) is 5.06. The quantitative estimate of drug-likeness (QED) is 0.727. The van der Waals surface area contributed by atoms with Crippen molar-refractivity contribution in [3.8, 4) is 0 Å². The molecule has 1 aromatic rings. The molecule has 0 aromatic heterocycles. The molecule has 3 fully saturated rings. The monoisotopic (exact) mass is 387 g/mol. The summed E-state index contributed by atoms with van der Waals surface area (Å²) in [6.07, 6.45) is 5.43. The number of carbonyl (C=O) groups is 1. The van der Waals surface area contributed by atoms with Gasteiger partial charge in [-0.05, 0) is 51.5 Å². The molecule has 154 valence electrons. The summed E-state index contributed by atoms with van der Waals surface area (Å²) in [4.78, 5) is 14.9. The van der Waals surface area contributed by atoms with Crippen LogP contribution in [0.1, 0.15) is 70.9 Å². The van der Waals surface area contributed by atoms with E-state index >= 15 is 0 Å². The normalized spacial score (nSPS) is 26.8. The van der Waals surface area contributed by atoms with Gasteiger partial charge in [0.2, 0.25) is 0 Å². The molecule has 0 radical (unpaired) electrons. The lowest BCUT2D eigenvalue weighted by Crippen LogP contribution is -2.55. The van der Waals surface area contributed by atoms with Crippen molar-refractivity contribution < 1.29 is 19.0 Å². The summed E-state index contributed by atoms with van der Waals surface area (Å²) in [6, 6.07) is 10.4. The zero-order valence-corrected chi connectivity index (χ0v) is 17.4. The maximum atomic E-state index is 12.9. The molecule has 1 atom stereocenters. The average molecular weight is 388 g/mol. The number of rotatable bonds is 3. The number of nitrogens with zero attached hydrogens (tertiary/aromatic N) is 1. The Bertz CT molecular complexity index is 682. The predicted molar refractivity (Wildman–Crippen MR) is 107 cm³/mol. The van der Waals surface area contributed by atoms with Crippen LogP contribution in [-0.4, -0.2) is 42.1 Å². The van der Waals surface area contributed by atoms with Crippen molar-refractivity contribution in [3.05, 3.63) is 35.9 Å². The van der Waals surface area contributed by atoms with Crippen molar-refractivity contribution in [1.82, 2.24) is 4.90 Å². The van der Waals surface area contributed by atoms with Crippen molar-refractivity contribution in [2.75, 3.05) is 19.8 Å². The van der Waals surface area contributed by atoms with E-state index in [9.17, 15) is 4.79 Å². The molecule has 0 N–H and O–H groups in total. The molecule has 5 nitrogen and oxygen atoms in total. The molecule has 1 aliphatic carbocycles. The molecule has 1 amide bonds. The van der Waals surface area contributed by atoms with Gasteiger partial charge in [-0.2, -0.15) is 0 Å². The molecule has 2 aliphatic heterocycles. The van der Waals surface area contributed by atoms with Crippen molar-refractivity contribution >= 4 is 6.09 Å². The highest BCUT2D eigenvalue weighted by molar-refractivity contribution is 5.70. The van der Waals surface area contributed by atoms with Crippen LogP contribution < -0.4 is 0 Å². The van der Waals surface area contributed by atoms with Gasteiger partial charge in [-0.3, -0.25) is 0 Å². The fourth-order valence-electron chi connectivity index (χ4n) is 4.92. The van der Waals surface area contributed by atoms with Crippen LogP contribution in [0.2, 0.25) is 0 Å². The zero-order chi connectivity index (χ0) is 19.8. The molecule has 5 heteroatoms. The highest BCUT2D eigenvalue weighted by Gasteiger charge is 2.50. The third kappa shape index (κ3) is 3.79. The van der Waals surface area contributed by atoms with Crippen LogP contribution >= 0.6 is 0 Å². The lowest BCUT2D eigenvalue weighted by Gasteiger charge is -2.52. The number of hydrogen-bond donors (Lipinski definition) is 0. The van der Waals surface area contributed by atoms with Crippen LogP contribution in [0, 0.1) is 5.41 Å². The Morgan fingerprint density at radius 3 is 2.21 bits per heavy atom. The van der Waals surface area contributed by atoms with Crippen molar-refractivity contribution in [2.45, 2.75) is 76.7 Å². The Balaban J connectivity index is 1.39. The van der Waals surface area contributed by atoms with Gasteiger partial charge in [-0.1, -0.05) is 37.3 Å². The van der Waals surface area contributed by atoms with Gasteiger partial charge in [0.25, 0.3) is 0 Å². The van der Waals surface area contributed by atoms with Crippen LogP contribution in [0.15, 0.2) is 30.3 Å². The molecule has 2 saturated heterocycles.